The molecular weight excluding hydrogens is 240 g/mol. The molecule has 1 rings (SSSR count). The van der Waals surface area contributed by atoms with Crippen molar-refractivity contribution in [3.05, 3.63) is 22.5 Å². The van der Waals surface area contributed by atoms with Crippen molar-refractivity contribution in [3.8, 4) is 0 Å². The summed E-state index contributed by atoms with van der Waals surface area (Å²) in [6.07, 6.45) is 3.12. The van der Waals surface area contributed by atoms with Crippen molar-refractivity contribution in [1.82, 2.24) is 9.97 Å². The average Bonchev–Trinajstić information content (AvgIpc) is 2.29. The molecule has 1 atom stereocenters. The van der Waals surface area contributed by atoms with Crippen molar-refractivity contribution in [2.45, 2.75) is 32.2 Å². The number of rotatable bonds is 6. The SMILES string of the molecule is CCCC(C)(Nc1ncc([N+](=O)[O-])cn1)C(=O)O. The molecular formula is C10H14N4O4. The van der Waals surface area contributed by atoms with Crippen LogP contribution in [0.1, 0.15) is 26.7 Å². The van der Waals surface area contributed by atoms with E-state index in [1.807, 2.05) is 6.92 Å². The van der Waals surface area contributed by atoms with Gasteiger partial charge in [0.2, 0.25) is 5.95 Å². The number of aliphatic carboxylic acids is 1. The van der Waals surface area contributed by atoms with Gasteiger partial charge in [0.25, 0.3) is 0 Å². The molecule has 0 fully saturated rings. The van der Waals surface area contributed by atoms with E-state index in [2.05, 4.69) is 15.3 Å². The molecule has 2 N–H and O–H groups in total. The van der Waals surface area contributed by atoms with Crippen LogP contribution >= 0.6 is 0 Å². The highest BCUT2D eigenvalue weighted by molar-refractivity contribution is 5.81. The molecule has 1 heterocycles. The van der Waals surface area contributed by atoms with E-state index in [9.17, 15) is 14.9 Å². The Morgan fingerprint density at radius 3 is 2.50 bits per heavy atom. The smallest absolute Gasteiger partial charge is 0.329 e. The lowest BCUT2D eigenvalue weighted by Crippen LogP contribution is -2.43. The number of carboxylic acids is 1. The van der Waals surface area contributed by atoms with Crippen LogP contribution in [0, 0.1) is 10.1 Å². The largest absolute Gasteiger partial charge is 0.480 e. The summed E-state index contributed by atoms with van der Waals surface area (Å²) in [5.41, 5.74) is -1.43. The lowest BCUT2D eigenvalue weighted by molar-refractivity contribution is -0.385. The Labute approximate surface area is 103 Å². The second-order valence-corrected chi connectivity index (χ2v) is 4.03. The molecule has 0 saturated carbocycles. The van der Waals surface area contributed by atoms with Gasteiger partial charge in [0.15, 0.2) is 0 Å². The van der Waals surface area contributed by atoms with E-state index < -0.39 is 16.4 Å². The highest BCUT2D eigenvalue weighted by Crippen LogP contribution is 2.18. The minimum absolute atomic E-state index is 0.0546. The van der Waals surface area contributed by atoms with Crippen LogP contribution in [0.15, 0.2) is 12.4 Å². The summed E-state index contributed by atoms with van der Waals surface area (Å²) in [6.45, 7) is 3.38. The number of hydrogen-bond acceptors (Lipinski definition) is 6. The van der Waals surface area contributed by atoms with Crippen molar-refractivity contribution in [3.63, 3.8) is 0 Å². The Balaban J connectivity index is 2.88. The summed E-state index contributed by atoms with van der Waals surface area (Å²) in [4.78, 5) is 28.4. The number of carbonyl (C=O) groups is 1. The van der Waals surface area contributed by atoms with Gasteiger partial charge in [-0.3, -0.25) is 10.1 Å². The summed E-state index contributed by atoms with van der Waals surface area (Å²) < 4.78 is 0. The third-order valence-corrected chi connectivity index (χ3v) is 2.46. The minimum Gasteiger partial charge on any atom is -0.480 e. The van der Waals surface area contributed by atoms with Crippen LogP contribution in [0.4, 0.5) is 11.6 Å². The van der Waals surface area contributed by atoms with E-state index in [1.165, 1.54) is 6.92 Å². The number of anilines is 1. The van der Waals surface area contributed by atoms with Crippen molar-refractivity contribution >= 4 is 17.6 Å². The van der Waals surface area contributed by atoms with Gasteiger partial charge in [0.1, 0.15) is 17.9 Å². The first-order valence-corrected chi connectivity index (χ1v) is 5.37. The van der Waals surface area contributed by atoms with Gasteiger partial charge in [0, 0.05) is 0 Å². The van der Waals surface area contributed by atoms with Gasteiger partial charge in [-0.1, -0.05) is 13.3 Å². The highest BCUT2D eigenvalue weighted by atomic mass is 16.6. The first kappa shape index (κ1) is 13.8. The third kappa shape index (κ3) is 3.12. The van der Waals surface area contributed by atoms with E-state index in [1.54, 1.807) is 0 Å². The van der Waals surface area contributed by atoms with E-state index in [-0.39, 0.29) is 11.6 Å². The fraction of sp³-hybridized carbons (Fsp3) is 0.500. The lowest BCUT2D eigenvalue weighted by Gasteiger charge is -2.25. The Morgan fingerprint density at radius 2 is 2.11 bits per heavy atom. The first-order chi connectivity index (χ1) is 8.39. The van der Waals surface area contributed by atoms with Gasteiger partial charge >= 0.3 is 11.7 Å². The Bertz CT molecular complexity index is 448. The fourth-order valence-electron chi connectivity index (χ4n) is 1.45. The second kappa shape index (κ2) is 5.39. The van der Waals surface area contributed by atoms with Gasteiger partial charge in [-0.25, -0.2) is 14.8 Å². The maximum atomic E-state index is 11.2. The van der Waals surface area contributed by atoms with Crippen LogP contribution in [0.5, 0.6) is 0 Å². The first-order valence-electron chi connectivity index (χ1n) is 5.37. The van der Waals surface area contributed by atoms with Crippen LogP contribution in [0.2, 0.25) is 0 Å². The Kier molecular flexibility index (Phi) is 4.13. The number of carboxylic acid groups (broad SMARTS) is 1. The maximum absolute atomic E-state index is 11.2. The predicted octanol–water partition coefficient (Wildman–Crippen LogP) is 1.44. The van der Waals surface area contributed by atoms with Gasteiger partial charge in [0.05, 0.1) is 4.92 Å². The van der Waals surface area contributed by atoms with Crippen LogP contribution in [-0.2, 0) is 4.79 Å². The van der Waals surface area contributed by atoms with Crippen molar-refractivity contribution in [2.24, 2.45) is 0 Å². The van der Waals surface area contributed by atoms with E-state index in [0.29, 0.717) is 12.8 Å². The molecule has 0 saturated heterocycles. The summed E-state index contributed by atoms with van der Waals surface area (Å²) >= 11 is 0. The van der Waals surface area contributed by atoms with E-state index in [0.717, 1.165) is 12.4 Å². The van der Waals surface area contributed by atoms with Gasteiger partial charge < -0.3 is 10.4 Å². The van der Waals surface area contributed by atoms with Gasteiger partial charge in [-0.15, -0.1) is 0 Å². The number of nitrogens with one attached hydrogen (secondary N) is 1. The number of hydrogen-bond donors (Lipinski definition) is 2. The molecule has 8 heteroatoms. The molecule has 0 radical (unpaired) electrons. The van der Waals surface area contributed by atoms with Crippen molar-refractivity contribution in [2.75, 3.05) is 5.32 Å². The molecule has 1 unspecified atom stereocenters. The van der Waals surface area contributed by atoms with Gasteiger partial charge in [-0.05, 0) is 13.3 Å². The number of nitrogens with zero attached hydrogens (tertiary/aromatic N) is 3. The summed E-state index contributed by atoms with van der Waals surface area (Å²) in [5.74, 6) is -0.967. The molecule has 0 amide bonds. The van der Waals surface area contributed by atoms with Crippen molar-refractivity contribution in [1.29, 1.82) is 0 Å². The minimum atomic E-state index is -1.19. The van der Waals surface area contributed by atoms with Crippen LogP contribution in [0.3, 0.4) is 0 Å². The van der Waals surface area contributed by atoms with Gasteiger partial charge in [-0.2, -0.15) is 0 Å². The van der Waals surface area contributed by atoms with Crippen LogP contribution in [0.25, 0.3) is 0 Å². The summed E-state index contributed by atoms with van der Waals surface area (Å²) in [6, 6.07) is 0. The molecule has 8 nitrogen and oxygen atoms in total. The standard InChI is InChI=1S/C10H14N4O4/c1-3-4-10(2,8(15)16)13-9-11-5-7(6-12-9)14(17)18/h5-6H,3-4H2,1-2H3,(H,15,16)(H,11,12,13). The zero-order chi connectivity index (χ0) is 13.8. The molecule has 0 spiro atoms. The van der Waals surface area contributed by atoms with Crippen LogP contribution < -0.4 is 5.32 Å². The predicted molar refractivity (Wildman–Crippen MR) is 63.3 cm³/mol. The molecule has 0 bridgehead atoms. The molecule has 0 aliphatic rings. The molecule has 0 aromatic carbocycles. The highest BCUT2D eigenvalue weighted by Gasteiger charge is 2.32. The topological polar surface area (TPSA) is 118 Å². The van der Waals surface area contributed by atoms with E-state index >= 15 is 0 Å². The Hall–Kier alpha value is -2.25. The monoisotopic (exact) mass is 254 g/mol. The fourth-order valence-corrected chi connectivity index (χ4v) is 1.45. The Morgan fingerprint density at radius 1 is 1.56 bits per heavy atom. The number of aromatic nitrogens is 2. The normalized spacial score (nSPS) is 13.7. The summed E-state index contributed by atoms with van der Waals surface area (Å²) in [5, 5.41) is 22.2. The van der Waals surface area contributed by atoms with Crippen LogP contribution in [-0.4, -0.2) is 31.5 Å². The molecule has 0 aliphatic heterocycles. The summed E-state index contributed by atoms with van der Waals surface area (Å²) in [7, 11) is 0. The maximum Gasteiger partial charge on any atom is 0.329 e. The second-order valence-electron chi connectivity index (χ2n) is 4.03. The zero-order valence-electron chi connectivity index (χ0n) is 10.1. The molecule has 98 valence electrons. The average molecular weight is 254 g/mol. The van der Waals surface area contributed by atoms with Crippen molar-refractivity contribution < 1.29 is 14.8 Å². The zero-order valence-corrected chi connectivity index (χ0v) is 10.1. The lowest BCUT2D eigenvalue weighted by atomic mass is 9.97. The molecule has 0 aliphatic carbocycles. The molecule has 1 aromatic heterocycles. The van der Waals surface area contributed by atoms with E-state index in [4.69, 9.17) is 5.11 Å². The third-order valence-electron chi connectivity index (χ3n) is 2.46. The quantitative estimate of drug-likeness (QED) is 0.582. The molecule has 18 heavy (non-hydrogen) atoms. The molecule has 1 aromatic rings. The number of nitro groups is 1.